The van der Waals surface area contributed by atoms with Crippen LogP contribution in [0.3, 0.4) is 0 Å². The zero-order valence-electron chi connectivity index (χ0n) is 13.6. The van der Waals surface area contributed by atoms with Crippen LogP contribution in [0, 0.1) is 23.2 Å². The number of allylic oxidation sites excluding steroid dienone is 1. The molecule has 0 spiro atoms. The summed E-state index contributed by atoms with van der Waals surface area (Å²) in [6.07, 6.45) is 8.69. The van der Waals surface area contributed by atoms with Gasteiger partial charge in [0, 0.05) is 0 Å². The van der Waals surface area contributed by atoms with Gasteiger partial charge in [-0.1, -0.05) is 42.1 Å². The summed E-state index contributed by atoms with van der Waals surface area (Å²) in [5.41, 5.74) is 3.22. The average Bonchev–Trinajstić information content (AvgIpc) is 2.52. The third-order valence-corrected chi connectivity index (χ3v) is 7.18. The smallest absolute Gasteiger partial charge is 0.0712 e. The first-order valence-corrected chi connectivity index (χ1v) is 9.56. The van der Waals surface area contributed by atoms with E-state index in [1.54, 1.807) is 0 Å². The van der Waals surface area contributed by atoms with E-state index in [0.717, 1.165) is 22.9 Å². The van der Waals surface area contributed by atoms with Crippen molar-refractivity contribution in [1.29, 1.82) is 0 Å². The predicted octanol–water partition coefficient (Wildman–Crippen LogP) is 4.86. The Morgan fingerprint density at radius 1 is 0.870 bits per heavy atom. The van der Waals surface area contributed by atoms with Gasteiger partial charge in [-0.05, 0) is 89.7 Å². The largest absolute Gasteiger partial charge is 0.0947 e. The maximum absolute atomic E-state index is 4.63. The summed E-state index contributed by atoms with van der Waals surface area (Å²) < 4.78 is 0. The lowest BCUT2D eigenvalue weighted by Gasteiger charge is -2.57. The lowest BCUT2D eigenvalue weighted by Crippen LogP contribution is -2.46. The van der Waals surface area contributed by atoms with Crippen LogP contribution in [0.2, 0.25) is 0 Å². The third-order valence-electron chi connectivity index (χ3n) is 6.87. The normalized spacial score (nSPS) is 34.9. The Hall–Kier alpha value is -1.34. The van der Waals surface area contributed by atoms with Gasteiger partial charge in [0.15, 0.2) is 0 Å². The van der Waals surface area contributed by atoms with E-state index >= 15 is 0 Å². The molecule has 0 amide bonds. The topological polar surface area (TPSA) is 0 Å². The van der Waals surface area contributed by atoms with Crippen molar-refractivity contribution in [3.8, 4) is 0 Å². The monoisotopic (exact) mass is 315 g/mol. The van der Waals surface area contributed by atoms with Crippen molar-refractivity contribution in [2.45, 2.75) is 38.5 Å². The molecule has 23 heavy (non-hydrogen) atoms. The molecule has 0 aliphatic heterocycles. The van der Waals surface area contributed by atoms with Crippen LogP contribution in [0.4, 0.5) is 0 Å². The zero-order valence-corrected chi connectivity index (χ0v) is 14.6. The fourth-order valence-corrected chi connectivity index (χ4v) is 6.46. The summed E-state index contributed by atoms with van der Waals surface area (Å²) >= 11 is 0. The van der Waals surface area contributed by atoms with Gasteiger partial charge in [-0.2, -0.15) is 0 Å². The van der Waals surface area contributed by atoms with Crippen LogP contribution < -0.4 is 5.19 Å². The molecule has 0 N–H and O–H groups in total. The summed E-state index contributed by atoms with van der Waals surface area (Å²) in [6.45, 7) is 4.63. The highest BCUT2D eigenvalue weighted by molar-refractivity contribution is 6.33. The van der Waals surface area contributed by atoms with Gasteiger partial charge in [-0.15, -0.1) is 0 Å². The number of benzene rings is 2. The van der Waals surface area contributed by atoms with Gasteiger partial charge < -0.3 is 0 Å². The van der Waals surface area contributed by atoms with E-state index in [4.69, 9.17) is 0 Å². The molecule has 4 fully saturated rings. The second-order valence-corrected chi connectivity index (χ2v) is 9.03. The molecule has 0 saturated heterocycles. The Labute approximate surface area is 142 Å². The van der Waals surface area contributed by atoms with Crippen LogP contribution in [-0.4, -0.2) is 10.2 Å². The first-order chi connectivity index (χ1) is 11.1. The van der Waals surface area contributed by atoms with Gasteiger partial charge in [0.2, 0.25) is 0 Å². The van der Waals surface area contributed by atoms with Crippen LogP contribution in [0.1, 0.15) is 44.1 Å². The van der Waals surface area contributed by atoms with Crippen LogP contribution in [-0.2, 0) is 0 Å². The van der Waals surface area contributed by atoms with Crippen LogP contribution in [0.5, 0.6) is 0 Å². The number of rotatable bonds is 2. The van der Waals surface area contributed by atoms with E-state index in [-0.39, 0.29) is 0 Å². The molecule has 3 radical (unpaired) electrons. The fraction of sp³-hybridized carbons (Fsp3) is 0.455. The second-order valence-electron chi connectivity index (χ2n) is 8.45. The van der Waals surface area contributed by atoms with Gasteiger partial charge in [-0.25, -0.2) is 0 Å². The minimum Gasteiger partial charge on any atom is -0.0947 e. The molecule has 2 aromatic carbocycles. The van der Waals surface area contributed by atoms with Gasteiger partial charge in [0.25, 0.3) is 0 Å². The number of hydrogen-bond donors (Lipinski definition) is 0. The fourth-order valence-electron chi connectivity index (χ4n) is 6.22. The number of fused-ring (bicyclic) bond motifs is 1. The highest BCUT2D eigenvalue weighted by Gasteiger charge is 2.52. The average molecular weight is 316 g/mol. The van der Waals surface area contributed by atoms with Crippen LogP contribution in [0.15, 0.2) is 43.0 Å². The first kappa shape index (κ1) is 14.0. The van der Waals surface area contributed by atoms with Crippen molar-refractivity contribution < 1.29 is 0 Å². The van der Waals surface area contributed by atoms with E-state index in [1.807, 2.05) is 0 Å². The van der Waals surface area contributed by atoms with E-state index in [9.17, 15) is 0 Å². The second kappa shape index (κ2) is 4.83. The number of hydrogen-bond acceptors (Lipinski definition) is 0. The molecule has 115 valence electrons. The van der Waals surface area contributed by atoms with Crippen molar-refractivity contribution in [3.05, 3.63) is 48.5 Å². The molecule has 4 aliphatic carbocycles. The third kappa shape index (κ3) is 2.16. The molecule has 4 bridgehead atoms. The molecule has 0 aromatic heterocycles. The van der Waals surface area contributed by atoms with Crippen LogP contribution >= 0.6 is 0 Å². The summed E-state index contributed by atoms with van der Waals surface area (Å²) in [6, 6.07) is 13.5. The molecule has 2 aromatic rings. The van der Waals surface area contributed by atoms with Crippen molar-refractivity contribution >= 4 is 31.8 Å². The quantitative estimate of drug-likeness (QED) is 0.694. The van der Waals surface area contributed by atoms with Crippen molar-refractivity contribution in [2.75, 3.05) is 0 Å². The molecule has 0 atom stereocenters. The van der Waals surface area contributed by atoms with Crippen LogP contribution in [0.25, 0.3) is 16.3 Å². The Balaban J connectivity index is 1.54. The van der Waals surface area contributed by atoms with Gasteiger partial charge in [0.1, 0.15) is 0 Å². The van der Waals surface area contributed by atoms with Crippen molar-refractivity contribution in [1.82, 2.24) is 0 Å². The maximum Gasteiger partial charge on any atom is 0.0712 e. The Morgan fingerprint density at radius 2 is 1.43 bits per heavy atom. The summed E-state index contributed by atoms with van der Waals surface area (Å²) in [5, 5.41) is 3.78. The van der Waals surface area contributed by atoms with E-state index in [1.165, 1.54) is 60.4 Å². The minimum atomic E-state index is 0.414. The summed E-state index contributed by atoms with van der Waals surface area (Å²) in [5.74, 6) is 2.94. The molecule has 4 saturated carbocycles. The van der Waals surface area contributed by atoms with Gasteiger partial charge in [0.05, 0.1) is 10.2 Å². The maximum atomic E-state index is 4.63. The Bertz CT molecular complexity index is 765. The van der Waals surface area contributed by atoms with E-state index in [0.29, 0.717) is 5.41 Å². The molecular formula is C22H23Si. The predicted molar refractivity (Wildman–Crippen MR) is 99.0 cm³/mol. The summed E-state index contributed by atoms with van der Waals surface area (Å²) in [7, 11) is 3.62. The SMILES string of the molecule is C=C(c1ccc2cc([Si])ccc2c1)C12CC3CC(CC(C3)C1)C2. The zero-order chi connectivity index (χ0) is 15.6. The minimum absolute atomic E-state index is 0.414. The Kier molecular flexibility index (Phi) is 2.95. The standard InChI is InChI=1S/C22H23Si/c1-14(18-2-3-20-10-21(23)5-4-19(20)9-18)22-11-15-6-16(12-22)8-17(7-15)13-22/h2-5,9-10,15-17H,1,6-8,11-13H2. The first-order valence-electron chi connectivity index (χ1n) is 9.06. The molecule has 1 heteroatoms. The van der Waals surface area contributed by atoms with E-state index < -0.39 is 0 Å². The molecular weight excluding hydrogens is 292 g/mol. The molecule has 0 heterocycles. The molecule has 0 unspecified atom stereocenters. The molecule has 0 nitrogen and oxygen atoms in total. The van der Waals surface area contributed by atoms with Crippen molar-refractivity contribution in [2.24, 2.45) is 23.2 Å². The molecule has 4 aliphatic rings. The highest BCUT2D eigenvalue weighted by Crippen LogP contribution is 2.64. The molecule has 6 rings (SSSR count). The Morgan fingerprint density at radius 3 is 2.09 bits per heavy atom. The van der Waals surface area contributed by atoms with E-state index in [2.05, 4.69) is 53.2 Å². The lowest BCUT2D eigenvalue weighted by atomic mass is 9.47. The van der Waals surface area contributed by atoms with Gasteiger partial charge in [-0.3, -0.25) is 0 Å². The van der Waals surface area contributed by atoms with Gasteiger partial charge >= 0.3 is 0 Å². The highest BCUT2D eigenvalue weighted by atomic mass is 28.1. The lowest BCUT2D eigenvalue weighted by molar-refractivity contribution is -0.0176. The van der Waals surface area contributed by atoms with Crippen molar-refractivity contribution in [3.63, 3.8) is 0 Å². The summed E-state index contributed by atoms with van der Waals surface area (Å²) in [4.78, 5) is 0.